The number of benzene rings is 4. The maximum absolute atomic E-state index is 13.0. The third-order valence-corrected chi connectivity index (χ3v) is 10.7. The van der Waals surface area contributed by atoms with Crippen LogP contribution in [0.2, 0.25) is 0 Å². The number of halogens is 3. The molecular weight excluding hydrogens is 524 g/mol. The molecule has 0 amide bonds. The summed E-state index contributed by atoms with van der Waals surface area (Å²) < 4.78 is 44.6. The summed E-state index contributed by atoms with van der Waals surface area (Å²) in [6, 6.07) is 36.7. The lowest BCUT2D eigenvalue weighted by molar-refractivity contribution is -0.137. The Morgan fingerprint density at radius 1 is 0.725 bits per heavy atom. The van der Waals surface area contributed by atoms with Gasteiger partial charge in [-0.3, -0.25) is 4.74 Å². The van der Waals surface area contributed by atoms with Gasteiger partial charge in [-0.05, 0) is 23.1 Å². The normalized spacial score (nSPS) is 12.9. The molecule has 0 fully saturated rings. The lowest BCUT2D eigenvalue weighted by Gasteiger charge is -2.34. The van der Waals surface area contributed by atoms with Gasteiger partial charge in [0.2, 0.25) is 0 Å². The number of allylic oxidation sites excluding steroid dienone is 1. The quantitative estimate of drug-likeness (QED) is 0.207. The van der Waals surface area contributed by atoms with Crippen LogP contribution in [0.4, 0.5) is 13.2 Å². The summed E-state index contributed by atoms with van der Waals surface area (Å²) in [5, 5.41) is 7.14. The van der Waals surface area contributed by atoms with Crippen LogP contribution in [0.15, 0.2) is 132 Å². The highest BCUT2D eigenvalue weighted by atomic mass is 31.2. The van der Waals surface area contributed by atoms with Crippen molar-refractivity contribution in [3.8, 4) is 0 Å². The summed E-state index contributed by atoms with van der Waals surface area (Å²) >= 11 is 0. The van der Waals surface area contributed by atoms with E-state index < -0.39 is 18.8 Å². The van der Waals surface area contributed by atoms with Crippen molar-refractivity contribution < 1.29 is 13.2 Å². The van der Waals surface area contributed by atoms with Crippen LogP contribution in [0.25, 0.3) is 0 Å². The summed E-state index contributed by atoms with van der Waals surface area (Å²) in [7, 11) is -2.36. The van der Waals surface area contributed by atoms with Gasteiger partial charge >= 0.3 is 6.18 Å². The molecule has 0 aliphatic carbocycles. The average molecular weight is 561 g/mol. The first-order valence-electron chi connectivity index (χ1n) is 13.4. The Labute approximate surface area is 236 Å². The van der Waals surface area contributed by atoms with E-state index in [9.17, 15) is 13.2 Å². The second-order valence-electron chi connectivity index (χ2n) is 11.0. The Hall–Kier alpha value is -3.56. The number of hydrogen-bond acceptors (Lipinski definition) is 2. The van der Waals surface area contributed by atoms with Crippen LogP contribution in [0.3, 0.4) is 0 Å². The van der Waals surface area contributed by atoms with E-state index in [4.69, 9.17) is 4.74 Å². The molecule has 0 saturated carbocycles. The zero-order valence-corrected chi connectivity index (χ0v) is 24.1. The smallest absolute Gasteiger partial charge is 0.383 e. The van der Waals surface area contributed by atoms with Crippen molar-refractivity contribution in [3.05, 3.63) is 139 Å². The molecule has 4 aromatic carbocycles. The molecule has 0 spiro atoms. The molecule has 1 N–H and O–H groups in total. The molecule has 0 aliphatic heterocycles. The molecule has 4 aromatic rings. The average Bonchev–Trinajstić information content (AvgIpc) is 2.94. The second-order valence-corrected chi connectivity index (χ2v) is 14.1. The van der Waals surface area contributed by atoms with Crippen LogP contribution in [-0.2, 0) is 12.6 Å². The van der Waals surface area contributed by atoms with Gasteiger partial charge in [0, 0.05) is 28.0 Å². The van der Waals surface area contributed by atoms with Gasteiger partial charge < -0.3 is 5.32 Å². The van der Waals surface area contributed by atoms with Gasteiger partial charge in [-0.1, -0.05) is 130 Å². The van der Waals surface area contributed by atoms with Crippen molar-refractivity contribution in [3.63, 3.8) is 0 Å². The van der Waals surface area contributed by atoms with Crippen LogP contribution in [0, 0.1) is 5.41 Å². The SMILES string of the molecule is C=C(Cc1ccc(C(F)(F)F)cc1)N[C@H](CN=P(c1ccccc1)(c1ccccc1)c1ccccc1)C(C)(C)C. The number of alkyl halides is 3. The van der Waals surface area contributed by atoms with Gasteiger partial charge in [0.05, 0.1) is 25.2 Å². The fourth-order valence-corrected chi connectivity index (χ4v) is 8.32. The molecule has 0 aromatic heterocycles. The predicted molar refractivity (Wildman–Crippen MR) is 163 cm³/mol. The first kappa shape index (κ1) is 29.4. The zero-order chi connectivity index (χ0) is 28.8. The van der Waals surface area contributed by atoms with Crippen LogP contribution in [-0.4, -0.2) is 12.6 Å². The van der Waals surface area contributed by atoms with Crippen molar-refractivity contribution in [1.82, 2.24) is 5.32 Å². The largest absolute Gasteiger partial charge is 0.416 e. The summed E-state index contributed by atoms with van der Waals surface area (Å²) in [5.41, 5.74) is 0.712. The summed E-state index contributed by atoms with van der Waals surface area (Å²) in [6.45, 7) is 11.3. The highest BCUT2D eigenvalue weighted by Gasteiger charge is 2.31. The summed E-state index contributed by atoms with van der Waals surface area (Å²) in [5.74, 6) is 0. The molecule has 0 heterocycles. The van der Waals surface area contributed by atoms with Crippen molar-refractivity contribution in [2.24, 2.45) is 10.2 Å². The lowest BCUT2D eigenvalue weighted by Crippen LogP contribution is -2.42. The highest BCUT2D eigenvalue weighted by Crippen LogP contribution is 2.46. The van der Waals surface area contributed by atoms with Gasteiger partial charge in [-0.15, -0.1) is 0 Å². The molecule has 1 atom stereocenters. The van der Waals surface area contributed by atoms with Gasteiger partial charge in [0.1, 0.15) is 0 Å². The Bertz CT molecular complexity index is 1340. The molecule has 6 heteroatoms. The van der Waals surface area contributed by atoms with E-state index in [2.05, 4.69) is 105 Å². The maximum atomic E-state index is 13.0. The molecule has 0 bridgehead atoms. The first-order chi connectivity index (χ1) is 19.0. The van der Waals surface area contributed by atoms with Crippen LogP contribution >= 0.6 is 7.05 Å². The van der Waals surface area contributed by atoms with Crippen molar-refractivity contribution in [2.75, 3.05) is 6.54 Å². The molecule has 0 aliphatic rings. The van der Waals surface area contributed by atoms with Crippen molar-refractivity contribution >= 4 is 23.0 Å². The third kappa shape index (κ3) is 6.95. The molecule has 0 unspecified atom stereocenters. The molecule has 208 valence electrons. The molecule has 0 saturated heterocycles. The van der Waals surface area contributed by atoms with E-state index >= 15 is 0 Å². The predicted octanol–water partition coefficient (Wildman–Crippen LogP) is 7.94. The standard InChI is InChI=1S/C34H36F3N2P/c1-26(24-27-20-22-28(23-21-27)34(35,36)37)39-32(33(2,3)4)25-38-40(29-14-8-5-9-15-29,30-16-10-6-11-17-30)31-18-12-7-13-19-31/h5-23,32,39H,1,24-25H2,2-4H3/t32-/m1/s1. The van der Waals surface area contributed by atoms with E-state index in [-0.39, 0.29) is 11.5 Å². The van der Waals surface area contributed by atoms with Crippen molar-refractivity contribution in [2.45, 2.75) is 39.4 Å². The third-order valence-electron chi connectivity index (χ3n) is 6.99. The minimum Gasteiger partial charge on any atom is -0.383 e. The number of nitrogens with one attached hydrogen (secondary N) is 1. The second kappa shape index (κ2) is 12.3. The minimum atomic E-state index is -4.35. The first-order valence-corrected chi connectivity index (χ1v) is 15.1. The van der Waals surface area contributed by atoms with Crippen molar-refractivity contribution in [1.29, 1.82) is 0 Å². The lowest BCUT2D eigenvalue weighted by atomic mass is 9.86. The zero-order valence-electron chi connectivity index (χ0n) is 23.2. The topological polar surface area (TPSA) is 24.4 Å². The summed E-state index contributed by atoms with van der Waals surface area (Å²) in [4.78, 5) is 0. The fourth-order valence-electron chi connectivity index (χ4n) is 4.72. The molecule has 0 radical (unpaired) electrons. The Morgan fingerprint density at radius 2 is 1.15 bits per heavy atom. The van der Waals surface area contributed by atoms with Crippen LogP contribution in [0.5, 0.6) is 0 Å². The van der Waals surface area contributed by atoms with Gasteiger partial charge in [-0.25, -0.2) is 0 Å². The van der Waals surface area contributed by atoms with E-state index in [0.29, 0.717) is 13.0 Å². The molecular formula is C34H36F3N2P. The number of rotatable bonds is 9. The van der Waals surface area contributed by atoms with E-state index in [1.165, 1.54) is 28.0 Å². The Balaban J connectivity index is 1.71. The molecule has 2 nitrogen and oxygen atoms in total. The fraction of sp³-hybridized carbons (Fsp3) is 0.235. The summed E-state index contributed by atoms with van der Waals surface area (Å²) in [6.07, 6.45) is -3.92. The van der Waals surface area contributed by atoms with E-state index in [1.807, 2.05) is 18.2 Å². The van der Waals surface area contributed by atoms with E-state index in [1.54, 1.807) is 0 Å². The molecule has 40 heavy (non-hydrogen) atoms. The number of hydrogen-bond donors (Lipinski definition) is 1. The number of nitrogens with zero attached hydrogens (tertiary/aromatic N) is 1. The van der Waals surface area contributed by atoms with Gasteiger partial charge in [0.15, 0.2) is 0 Å². The monoisotopic (exact) mass is 560 g/mol. The minimum absolute atomic E-state index is 0.0510. The molecule has 4 rings (SSSR count). The van der Waals surface area contributed by atoms with Gasteiger partial charge in [-0.2, -0.15) is 13.2 Å². The Kier molecular flexibility index (Phi) is 9.05. The highest BCUT2D eigenvalue weighted by molar-refractivity contribution is 7.87. The maximum Gasteiger partial charge on any atom is 0.416 e. The van der Waals surface area contributed by atoms with Crippen LogP contribution in [0.1, 0.15) is 31.9 Å². The van der Waals surface area contributed by atoms with E-state index in [0.717, 1.165) is 23.4 Å². The Morgan fingerprint density at radius 3 is 1.52 bits per heavy atom. The van der Waals surface area contributed by atoms with Crippen LogP contribution < -0.4 is 21.2 Å². The van der Waals surface area contributed by atoms with Gasteiger partial charge in [0.25, 0.3) is 0 Å².